The van der Waals surface area contributed by atoms with Crippen LogP contribution in [-0.2, 0) is 6.42 Å². The first kappa shape index (κ1) is 20.7. The average molecular weight is 418 g/mol. The molecule has 0 unspecified atom stereocenters. The van der Waals surface area contributed by atoms with Crippen molar-refractivity contribution in [3.05, 3.63) is 47.9 Å². The lowest BCUT2D eigenvalue weighted by molar-refractivity contribution is 0.413. The molecule has 0 radical (unpaired) electrons. The van der Waals surface area contributed by atoms with Crippen molar-refractivity contribution >= 4 is 39.5 Å². The van der Waals surface area contributed by atoms with E-state index in [1.54, 1.807) is 19.2 Å². The number of anilines is 2. The number of pyridine rings is 1. The lowest BCUT2D eigenvalue weighted by Gasteiger charge is -2.14. The number of fused-ring (bicyclic) bond motifs is 1. The Hall–Kier alpha value is -3.01. The molecule has 0 saturated heterocycles. The van der Waals surface area contributed by atoms with Gasteiger partial charge in [0.2, 0.25) is 0 Å². The molecule has 0 spiro atoms. The Morgan fingerprint density at radius 3 is 2.79 bits per heavy atom. The minimum Gasteiger partial charge on any atom is -0.495 e. The van der Waals surface area contributed by atoms with E-state index in [-0.39, 0.29) is 17.2 Å². The first-order valence-electron chi connectivity index (χ1n) is 8.69. The Bertz CT molecular complexity index is 1060. The second kappa shape index (κ2) is 8.99. The zero-order valence-corrected chi connectivity index (χ0v) is 16.9. The van der Waals surface area contributed by atoms with Crippen LogP contribution < -0.4 is 15.8 Å². The van der Waals surface area contributed by atoms with Crippen LogP contribution in [0.1, 0.15) is 12.5 Å². The number of benzene rings is 1. The molecule has 0 amide bonds. The second-order valence-electron chi connectivity index (χ2n) is 6.22. The van der Waals surface area contributed by atoms with E-state index in [9.17, 15) is 8.78 Å². The summed E-state index contributed by atoms with van der Waals surface area (Å²) in [5.74, 6) is -0.907. The van der Waals surface area contributed by atoms with Crippen LogP contribution in [-0.4, -0.2) is 39.5 Å². The molecule has 1 atom stereocenters. The monoisotopic (exact) mass is 418 g/mol. The van der Waals surface area contributed by atoms with Crippen LogP contribution >= 0.6 is 11.8 Å². The van der Waals surface area contributed by atoms with Gasteiger partial charge in [-0.05, 0) is 18.1 Å². The Kier molecular flexibility index (Phi) is 6.42. The van der Waals surface area contributed by atoms with Crippen molar-refractivity contribution in [1.29, 1.82) is 0 Å². The SMILES string of the molecule is CN=C(N)S[C@H](C)Cc1cc(Nc2ncnc3cc(OC)cnc23)cc(F)c1F. The summed E-state index contributed by atoms with van der Waals surface area (Å²) in [6, 6.07) is 4.34. The molecule has 2 aromatic heterocycles. The molecule has 1 aromatic carbocycles. The zero-order valence-electron chi connectivity index (χ0n) is 16.1. The number of amidine groups is 1. The molecule has 0 saturated carbocycles. The molecule has 0 bridgehead atoms. The quantitative estimate of drug-likeness (QED) is 0.466. The molecular formula is C19H20F2N6OS. The highest BCUT2D eigenvalue weighted by Crippen LogP contribution is 2.27. The molecule has 152 valence electrons. The van der Waals surface area contributed by atoms with Gasteiger partial charge in [0.1, 0.15) is 17.6 Å². The topological polar surface area (TPSA) is 98.3 Å². The molecule has 29 heavy (non-hydrogen) atoms. The van der Waals surface area contributed by atoms with Gasteiger partial charge in [-0.2, -0.15) is 0 Å². The summed E-state index contributed by atoms with van der Waals surface area (Å²) in [5.41, 5.74) is 7.32. The van der Waals surface area contributed by atoms with Gasteiger partial charge in [-0.1, -0.05) is 18.7 Å². The van der Waals surface area contributed by atoms with Gasteiger partial charge in [0, 0.05) is 30.1 Å². The van der Waals surface area contributed by atoms with Crippen LogP contribution in [0.4, 0.5) is 20.3 Å². The number of nitrogens with one attached hydrogen (secondary N) is 1. The minimum absolute atomic E-state index is 0.0862. The Morgan fingerprint density at radius 1 is 1.28 bits per heavy atom. The molecule has 0 aliphatic rings. The number of hydrogen-bond donors (Lipinski definition) is 2. The van der Waals surface area contributed by atoms with Crippen LogP contribution in [0.15, 0.2) is 35.7 Å². The van der Waals surface area contributed by atoms with E-state index in [4.69, 9.17) is 10.5 Å². The molecular weight excluding hydrogens is 398 g/mol. The molecule has 3 aromatic rings. The van der Waals surface area contributed by atoms with E-state index in [0.29, 0.717) is 33.5 Å². The third-order valence-electron chi connectivity index (χ3n) is 4.10. The van der Waals surface area contributed by atoms with Gasteiger partial charge in [-0.3, -0.25) is 4.99 Å². The second-order valence-corrected chi connectivity index (χ2v) is 7.67. The van der Waals surface area contributed by atoms with Gasteiger partial charge in [-0.25, -0.2) is 23.7 Å². The molecule has 3 N–H and O–H groups in total. The van der Waals surface area contributed by atoms with Crippen molar-refractivity contribution in [3.63, 3.8) is 0 Å². The van der Waals surface area contributed by atoms with E-state index in [0.717, 1.165) is 6.07 Å². The van der Waals surface area contributed by atoms with Crippen molar-refractivity contribution in [2.75, 3.05) is 19.5 Å². The Labute approximate surface area is 170 Å². The number of ether oxygens (including phenoxy) is 1. The van der Waals surface area contributed by atoms with Gasteiger partial charge in [-0.15, -0.1) is 0 Å². The fourth-order valence-corrected chi connectivity index (χ4v) is 3.52. The largest absolute Gasteiger partial charge is 0.495 e. The fourth-order valence-electron chi connectivity index (χ4n) is 2.74. The van der Waals surface area contributed by atoms with Crippen LogP contribution in [0, 0.1) is 11.6 Å². The number of methoxy groups -OCH3 is 1. The fraction of sp³-hybridized carbons (Fsp3) is 0.263. The summed E-state index contributed by atoms with van der Waals surface area (Å²) in [4.78, 5) is 16.5. The summed E-state index contributed by atoms with van der Waals surface area (Å²) < 4.78 is 33.7. The van der Waals surface area contributed by atoms with Gasteiger partial charge in [0.15, 0.2) is 22.6 Å². The highest BCUT2D eigenvalue weighted by atomic mass is 32.2. The predicted molar refractivity (Wildman–Crippen MR) is 112 cm³/mol. The summed E-state index contributed by atoms with van der Waals surface area (Å²) in [5, 5.41) is 3.31. The van der Waals surface area contributed by atoms with Crippen molar-refractivity contribution in [1.82, 2.24) is 15.0 Å². The predicted octanol–water partition coefficient (Wildman–Crippen LogP) is 3.66. The van der Waals surface area contributed by atoms with Crippen molar-refractivity contribution < 1.29 is 13.5 Å². The Balaban J connectivity index is 1.90. The van der Waals surface area contributed by atoms with E-state index in [1.807, 2.05) is 6.92 Å². The third-order valence-corrected chi connectivity index (χ3v) is 5.10. The van der Waals surface area contributed by atoms with Crippen molar-refractivity contribution in [2.24, 2.45) is 10.7 Å². The molecule has 0 aliphatic carbocycles. The van der Waals surface area contributed by atoms with Crippen LogP contribution in [0.25, 0.3) is 11.0 Å². The third kappa shape index (κ3) is 4.89. The van der Waals surface area contributed by atoms with Gasteiger partial charge >= 0.3 is 0 Å². The number of nitrogens with two attached hydrogens (primary N) is 1. The van der Waals surface area contributed by atoms with Crippen molar-refractivity contribution in [2.45, 2.75) is 18.6 Å². The highest BCUT2D eigenvalue weighted by molar-refractivity contribution is 8.14. The van der Waals surface area contributed by atoms with E-state index >= 15 is 0 Å². The van der Waals surface area contributed by atoms with E-state index in [1.165, 1.54) is 31.4 Å². The van der Waals surface area contributed by atoms with Crippen LogP contribution in [0.5, 0.6) is 5.75 Å². The van der Waals surface area contributed by atoms with Crippen LogP contribution in [0.2, 0.25) is 0 Å². The van der Waals surface area contributed by atoms with Crippen molar-refractivity contribution in [3.8, 4) is 5.75 Å². The number of aromatic nitrogens is 3. The number of aliphatic imine (C=N–C) groups is 1. The Morgan fingerprint density at radius 2 is 2.07 bits per heavy atom. The van der Waals surface area contributed by atoms with Gasteiger partial charge in [0.05, 0.1) is 18.8 Å². The van der Waals surface area contributed by atoms with Crippen LogP contribution in [0.3, 0.4) is 0 Å². The molecule has 0 aliphatic heterocycles. The summed E-state index contributed by atoms with van der Waals surface area (Å²) in [7, 11) is 3.11. The first-order chi connectivity index (χ1) is 13.9. The number of hydrogen-bond acceptors (Lipinski definition) is 7. The van der Waals surface area contributed by atoms with E-state index < -0.39 is 11.6 Å². The molecule has 2 heterocycles. The minimum atomic E-state index is -0.952. The standard InChI is InChI=1S/C19H20F2N6OS/c1-10(29-19(22)23-2)4-11-5-12(6-14(20)16(11)21)27-18-17-15(25-9-26-18)7-13(28-3)8-24-17/h5-10H,4H2,1-3H3,(H2,22,23)(H,25,26,27)/t10-/m1/s1. The van der Waals surface area contributed by atoms with Gasteiger partial charge in [0.25, 0.3) is 0 Å². The summed E-state index contributed by atoms with van der Waals surface area (Å²) in [6.07, 6.45) is 3.17. The number of rotatable bonds is 6. The normalized spacial score (nSPS) is 12.8. The number of thioether (sulfide) groups is 1. The molecule has 7 nitrogen and oxygen atoms in total. The maximum Gasteiger partial charge on any atom is 0.162 e. The average Bonchev–Trinajstić information content (AvgIpc) is 2.71. The van der Waals surface area contributed by atoms with E-state index in [2.05, 4.69) is 25.3 Å². The summed E-state index contributed by atoms with van der Waals surface area (Å²) in [6.45, 7) is 1.87. The maximum absolute atomic E-state index is 14.3. The lowest BCUT2D eigenvalue weighted by Crippen LogP contribution is -2.14. The number of halogens is 2. The molecule has 10 heteroatoms. The number of nitrogens with zero attached hydrogens (tertiary/aromatic N) is 4. The molecule has 0 fully saturated rings. The molecule has 3 rings (SSSR count). The summed E-state index contributed by atoms with van der Waals surface area (Å²) >= 11 is 1.30. The highest BCUT2D eigenvalue weighted by Gasteiger charge is 2.16. The first-order valence-corrected chi connectivity index (χ1v) is 9.57. The zero-order chi connectivity index (χ0) is 21.0. The lowest BCUT2D eigenvalue weighted by atomic mass is 10.1. The smallest absolute Gasteiger partial charge is 0.162 e. The maximum atomic E-state index is 14.3. The van der Waals surface area contributed by atoms with Gasteiger partial charge < -0.3 is 15.8 Å².